The van der Waals surface area contributed by atoms with Crippen LogP contribution in [0.15, 0.2) is 30.3 Å². The van der Waals surface area contributed by atoms with Crippen LogP contribution in [0.5, 0.6) is 23.0 Å². The zero-order valence-electron chi connectivity index (χ0n) is 35.5. The number of ether oxygens (including phenoxy) is 9. The molecule has 0 radical (unpaired) electrons. The summed E-state index contributed by atoms with van der Waals surface area (Å²) in [6, 6.07) is 9.51. The molecule has 1 atom stereocenters. The van der Waals surface area contributed by atoms with E-state index in [-0.39, 0.29) is 12.7 Å². The van der Waals surface area contributed by atoms with Crippen molar-refractivity contribution in [2.24, 2.45) is 0 Å². The summed E-state index contributed by atoms with van der Waals surface area (Å²) in [6.45, 7) is 10.2. The van der Waals surface area contributed by atoms with E-state index in [2.05, 4.69) is 31.6 Å². The van der Waals surface area contributed by atoms with Gasteiger partial charge in [0.2, 0.25) is 0 Å². The predicted molar refractivity (Wildman–Crippen MR) is 228 cm³/mol. The van der Waals surface area contributed by atoms with Crippen LogP contribution in [0.3, 0.4) is 0 Å². The van der Waals surface area contributed by atoms with Gasteiger partial charge in [0.1, 0.15) is 35.7 Å². The maximum atomic E-state index is 6.41. The summed E-state index contributed by atoms with van der Waals surface area (Å²) in [4.78, 5) is 0. The molecule has 9 heteroatoms. The van der Waals surface area contributed by atoms with Gasteiger partial charge in [0.15, 0.2) is 0 Å². The first kappa shape index (κ1) is 47.9. The van der Waals surface area contributed by atoms with Gasteiger partial charge >= 0.3 is 0 Å². The molecule has 1 unspecified atom stereocenters. The minimum atomic E-state index is -0.328. The molecule has 9 nitrogen and oxygen atoms in total. The maximum Gasteiger partial charge on any atom is 0.136 e. The standard InChI is InChI=1S/C48H72O9/c1-5-8-10-12-14-16-18-20-26-54-44-24-25-46(57-40-45-39-53-33-32-51-29-28-50-30-31-52-34-35-55-45)42(36-44)22-23-43-38-47(49-4)41(7-3)37-48(43)56-27-21-19-17-15-13-11-9-6-2/h3,24-25,36-38,45H,5-6,8-21,26-35,39-40H2,1-2,4H3. The Morgan fingerprint density at radius 2 is 1.05 bits per heavy atom. The lowest BCUT2D eigenvalue weighted by Gasteiger charge is -2.19. The molecule has 318 valence electrons. The molecule has 2 aromatic carbocycles. The molecule has 0 saturated carbocycles. The lowest BCUT2D eigenvalue weighted by Crippen LogP contribution is -2.29. The van der Waals surface area contributed by atoms with Crippen molar-refractivity contribution in [3.05, 3.63) is 47.0 Å². The minimum absolute atomic E-state index is 0.259. The van der Waals surface area contributed by atoms with Crippen LogP contribution in [0.2, 0.25) is 0 Å². The average Bonchev–Trinajstić information content (AvgIpc) is 3.24. The summed E-state index contributed by atoms with van der Waals surface area (Å²) in [7, 11) is 1.61. The van der Waals surface area contributed by atoms with Gasteiger partial charge in [-0.15, -0.1) is 6.42 Å². The molecular weight excluding hydrogens is 721 g/mol. The number of hydrogen-bond acceptors (Lipinski definition) is 9. The van der Waals surface area contributed by atoms with E-state index in [0.717, 1.165) is 31.4 Å². The van der Waals surface area contributed by atoms with Crippen molar-refractivity contribution < 1.29 is 42.6 Å². The summed E-state index contributed by atoms with van der Waals surface area (Å²) in [5.74, 6) is 12.0. The van der Waals surface area contributed by atoms with Gasteiger partial charge in [0.05, 0.1) is 96.5 Å². The van der Waals surface area contributed by atoms with Crippen LogP contribution in [0.4, 0.5) is 0 Å². The van der Waals surface area contributed by atoms with Crippen LogP contribution in [0, 0.1) is 24.2 Å². The molecule has 1 heterocycles. The fraction of sp³-hybridized carbons (Fsp3) is 0.667. The Balaban J connectivity index is 1.76. The number of hydrogen-bond donors (Lipinski definition) is 0. The van der Waals surface area contributed by atoms with Crippen LogP contribution >= 0.6 is 0 Å². The van der Waals surface area contributed by atoms with E-state index in [1.165, 1.54) is 77.0 Å². The van der Waals surface area contributed by atoms with Crippen molar-refractivity contribution in [2.45, 2.75) is 123 Å². The Bertz CT molecular complexity index is 1410. The summed E-state index contributed by atoms with van der Waals surface area (Å²) in [5.41, 5.74) is 2.00. The molecule has 3 rings (SSSR count). The Morgan fingerprint density at radius 3 is 1.63 bits per heavy atom. The highest BCUT2D eigenvalue weighted by Crippen LogP contribution is 2.30. The minimum Gasteiger partial charge on any atom is -0.495 e. The van der Waals surface area contributed by atoms with Gasteiger partial charge in [-0.25, -0.2) is 0 Å². The zero-order chi connectivity index (χ0) is 40.4. The molecule has 1 aliphatic rings. The van der Waals surface area contributed by atoms with Gasteiger partial charge < -0.3 is 42.6 Å². The van der Waals surface area contributed by atoms with Gasteiger partial charge in [0.25, 0.3) is 0 Å². The van der Waals surface area contributed by atoms with E-state index in [4.69, 9.17) is 49.1 Å². The third-order valence-electron chi connectivity index (χ3n) is 9.69. The van der Waals surface area contributed by atoms with Gasteiger partial charge in [-0.1, -0.05) is 122 Å². The molecule has 2 aromatic rings. The van der Waals surface area contributed by atoms with Crippen molar-refractivity contribution >= 4 is 0 Å². The summed E-state index contributed by atoms with van der Waals surface area (Å²) in [5, 5.41) is 0. The van der Waals surface area contributed by atoms with Crippen molar-refractivity contribution in [3.63, 3.8) is 0 Å². The van der Waals surface area contributed by atoms with E-state index in [1.807, 2.05) is 30.3 Å². The first-order valence-corrected chi connectivity index (χ1v) is 21.8. The molecule has 1 saturated heterocycles. The second-order valence-corrected chi connectivity index (χ2v) is 14.5. The van der Waals surface area contributed by atoms with E-state index in [9.17, 15) is 0 Å². The fourth-order valence-corrected chi connectivity index (χ4v) is 6.34. The van der Waals surface area contributed by atoms with Gasteiger partial charge in [-0.05, 0) is 31.0 Å². The van der Waals surface area contributed by atoms with E-state index in [1.54, 1.807) is 7.11 Å². The summed E-state index contributed by atoms with van der Waals surface area (Å²) in [6.07, 6.45) is 25.3. The Hall–Kier alpha value is -3.44. The first-order chi connectivity index (χ1) is 28.2. The van der Waals surface area contributed by atoms with Crippen LogP contribution < -0.4 is 18.9 Å². The SMILES string of the molecule is C#Cc1cc(OCCCCCCCCCC)c(C#Cc2cc(OCCCCCCCCCC)ccc2OCC2COCCOCCOCCOCCO2)cc1OC. The van der Waals surface area contributed by atoms with E-state index in [0.29, 0.717) is 107 Å². The molecule has 0 spiro atoms. The Morgan fingerprint density at radius 1 is 0.544 bits per heavy atom. The van der Waals surface area contributed by atoms with Crippen LogP contribution in [0.1, 0.15) is 133 Å². The van der Waals surface area contributed by atoms with Gasteiger partial charge in [-0.3, -0.25) is 0 Å². The monoisotopic (exact) mass is 793 g/mol. The van der Waals surface area contributed by atoms with E-state index < -0.39 is 0 Å². The van der Waals surface area contributed by atoms with E-state index >= 15 is 0 Å². The predicted octanol–water partition coefficient (Wildman–Crippen LogP) is 9.96. The van der Waals surface area contributed by atoms with Crippen LogP contribution in [-0.4, -0.2) is 92.5 Å². The van der Waals surface area contributed by atoms with Crippen molar-refractivity contribution in [2.75, 3.05) is 86.4 Å². The first-order valence-electron chi connectivity index (χ1n) is 21.8. The number of benzene rings is 2. The molecule has 1 aliphatic heterocycles. The highest BCUT2D eigenvalue weighted by molar-refractivity contribution is 5.60. The summed E-state index contributed by atoms with van der Waals surface area (Å²) >= 11 is 0. The second kappa shape index (κ2) is 32.5. The zero-order valence-corrected chi connectivity index (χ0v) is 35.5. The highest BCUT2D eigenvalue weighted by atomic mass is 16.6. The molecule has 0 aromatic heterocycles. The molecule has 0 amide bonds. The molecule has 1 fully saturated rings. The molecule has 0 aliphatic carbocycles. The fourth-order valence-electron chi connectivity index (χ4n) is 6.34. The van der Waals surface area contributed by atoms with Crippen molar-refractivity contribution in [1.82, 2.24) is 0 Å². The van der Waals surface area contributed by atoms with Gasteiger partial charge in [-0.2, -0.15) is 0 Å². The Kier molecular flexibility index (Phi) is 27.3. The molecule has 57 heavy (non-hydrogen) atoms. The smallest absolute Gasteiger partial charge is 0.136 e. The quantitative estimate of drug-likeness (QED) is 0.0762. The Labute approximate surface area is 345 Å². The largest absolute Gasteiger partial charge is 0.495 e. The lowest BCUT2D eigenvalue weighted by atomic mass is 10.1. The molecule has 0 N–H and O–H groups in total. The topological polar surface area (TPSA) is 83.1 Å². The second-order valence-electron chi connectivity index (χ2n) is 14.5. The number of terminal acetylenes is 1. The molecular formula is C48H72O9. The molecule has 0 bridgehead atoms. The normalized spacial score (nSPS) is 15.6. The highest BCUT2D eigenvalue weighted by Gasteiger charge is 2.15. The summed E-state index contributed by atoms with van der Waals surface area (Å²) < 4.78 is 53.4. The van der Waals surface area contributed by atoms with Gasteiger partial charge in [0, 0.05) is 12.1 Å². The van der Waals surface area contributed by atoms with Crippen molar-refractivity contribution in [1.29, 1.82) is 0 Å². The van der Waals surface area contributed by atoms with Crippen molar-refractivity contribution in [3.8, 4) is 47.2 Å². The lowest BCUT2D eigenvalue weighted by molar-refractivity contribution is -0.0606. The number of rotatable bonds is 24. The number of unbranched alkanes of at least 4 members (excludes halogenated alkanes) is 14. The van der Waals surface area contributed by atoms with Crippen LogP contribution in [0.25, 0.3) is 0 Å². The maximum absolute atomic E-state index is 6.41. The van der Waals surface area contributed by atoms with Crippen LogP contribution in [-0.2, 0) is 23.7 Å². The third-order valence-corrected chi connectivity index (χ3v) is 9.69. The third kappa shape index (κ3) is 21.8. The average molecular weight is 793 g/mol. The number of methoxy groups -OCH3 is 1.